The van der Waals surface area contributed by atoms with Gasteiger partial charge >= 0.3 is 0 Å². The maximum absolute atomic E-state index is 13.2. The maximum atomic E-state index is 13.2. The highest BCUT2D eigenvalue weighted by molar-refractivity contribution is 5.18. The van der Waals surface area contributed by atoms with Crippen LogP contribution in [0.1, 0.15) is 37.7 Å². The topological polar surface area (TPSA) is 12.0 Å². The quantitative estimate of drug-likeness (QED) is 0.884. The molecule has 20 heavy (non-hydrogen) atoms. The molecule has 5 atom stereocenters. The molecule has 1 nitrogen and oxygen atoms in total. The molecule has 0 amide bonds. The summed E-state index contributed by atoms with van der Waals surface area (Å²) in [5.41, 5.74) is 0.842. The van der Waals surface area contributed by atoms with E-state index in [4.69, 9.17) is 0 Å². The summed E-state index contributed by atoms with van der Waals surface area (Å²) >= 11 is 0. The Morgan fingerprint density at radius 3 is 2.70 bits per heavy atom. The fourth-order valence-corrected chi connectivity index (χ4v) is 5.20. The summed E-state index contributed by atoms with van der Waals surface area (Å²) in [5, 5.41) is 3.60. The van der Waals surface area contributed by atoms with Gasteiger partial charge in [-0.15, -0.1) is 0 Å². The summed E-state index contributed by atoms with van der Waals surface area (Å²) in [6, 6.07) is 4.80. The van der Waals surface area contributed by atoms with Crippen LogP contribution >= 0.6 is 0 Å². The maximum Gasteiger partial charge on any atom is 0.159 e. The molecule has 3 aliphatic carbocycles. The Balaban J connectivity index is 1.40. The molecule has 0 radical (unpaired) electrons. The van der Waals surface area contributed by atoms with Crippen LogP contribution in [0.3, 0.4) is 0 Å². The van der Waals surface area contributed by atoms with E-state index < -0.39 is 11.6 Å². The van der Waals surface area contributed by atoms with Crippen LogP contribution < -0.4 is 5.32 Å². The third-order valence-corrected chi connectivity index (χ3v) is 5.98. The SMILES string of the molecule is Fc1ccc(CNC2CC3CC2C2CCCC32)cc1F. The molecule has 0 heterocycles. The highest BCUT2D eigenvalue weighted by Gasteiger charge is 2.53. The molecular weight excluding hydrogens is 256 g/mol. The molecule has 0 aliphatic heterocycles. The van der Waals surface area contributed by atoms with Gasteiger partial charge in [0, 0.05) is 12.6 Å². The zero-order valence-corrected chi connectivity index (χ0v) is 11.6. The van der Waals surface area contributed by atoms with Crippen molar-refractivity contribution in [2.24, 2.45) is 23.7 Å². The third-order valence-electron chi connectivity index (χ3n) is 5.98. The fraction of sp³-hybridized carbons (Fsp3) is 0.647. The second kappa shape index (κ2) is 4.80. The van der Waals surface area contributed by atoms with Gasteiger partial charge in [0.1, 0.15) is 0 Å². The molecule has 2 bridgehead atoms. The summed E-state index contributed by atoms with van der Waals surface area (Å²) < 4.78 is 26.1. The van der Waals surface area contributed by atoms with E-state index in [1.54, 1.807) is 6.07 Å². The molecule has 3 fully saturated rings. The molecule has 5 unspecified atom stereocenters. The van der Waals surface area contributed by atoms with Crippen LogP contribution in [0.15, 0.2) is 18.2 Å². The van der Waals surface area contributed by atoms with E-state index in [2.05, 4.69) is 5.32 Å². The van der Waals surface area contributed by atoms with Gasteiger partial charge in [0.2, 0.25) is 0 Å². The molecule has 1 N–H and O–H groups in total. The van der Waals surface area contributed by atoms with Crippen molar-refractivity contribution in [3.63, 3.8) is 0 Å². The standard InChI is InChI=1S/C17H21F2N/c18-15-5-4-10(6-16(15)19)9-20-17-8-11-7-14(17)13-3-1-2-12(11)13/h4-6,11-14,17,20H,1-3,7-9H2. The molecule has 0 aromatic heterocycles. The lowest BCUT2D eigenvalue weighted by molar-refractivity contribution is 0.208. The third kappa shape index (κ3) is 1.98. The van der Waals surface area contributed by atoms with Gasteiger partial charge in [0.15, 0.2) is 11.6 Å². The summed E-state index contributed by atoms with van der Waals surface area (Å²) in [6.45, 7) is 0.655. The van der Waals surface area contributed by atoms with Gasteiger partial charge in [-0.3, -0.25) is 0 Å². The molecule has 3 aliphatic rings. The molecular formula is C17H21F2N. The van der Waals surface area contributed by atoms with Gasteiger partial charge in [0.25, 0.3) is 0 Å². The van der Waals surface area contributed by atoms with Crippen LogP contribution in [0.4, 0.5) is 8.78 Å². The first-order valence-electron chi connectivity index (χ1n) is 7.89. The first-order valence-corrected chi connectivity index (χ1v) is 7.89. The number of halogens is 2. The van der Waals surface area contributed by atoms with Gasteiger partial charge < -0.3 is 5.32 Å². The minimum atomic E-state index is -0.762. The zero-order valence-electron chi connectivity index (χ0n) is 11.6. The van der Waals surface area contributed by atoms with Crippen molar-refractivity contribution in [1.82, 2.24) is 5.32 Å². The second-order valence-electron chi connectivity index (χ2n) is 6.89. The minimum absolute atomic E-state index is 0.590. The molecule has 1 aromatic carbocycles. The fourth-order valence-electron chi connectivity index (χ4n) is 5.20. The van der Waals surface area contributed by atoms with Gasteiger partial charge in [-0.1, -0.05) is 12.5 Å². The molecule has 0 spiro atoms. The number of nitrogens with one attached hydrogen (secondary N) is 1. The number of benzene rings is 1. The van der Waals surface area contributed by atoms with Gasteiger partial charge in [-0.25, -0.2) is 8.78 Å². The normalized spacial score (nSPS) is 38.4. The summed E-state index contributed by atoms with van der Waals surface area (Å²) in [4.78, 5) is 0. The first-order chi connectivity index (χ1) is 9.72. The summed E-state index contributed by atoms with van der Waals surface area (Å²) in [6.07, 6.45) is 6.95. The summed E-state index contributed by atoms with van der Waals surface area (Å²) in [7, 11) is 0. The van der Waals surface area contributed by atoms with E-state index in [9.17, 15) is 8.78 Å². The Morgan fingerprint density at radius 2 is 1.85 bits per heavy atom. The number of hydrogen-bond acceptors (Lipinski definition) is 1. The van der Waals surface area contributed by atoms with Crippen molar-refractivity contribution in [3.8, 4) is 0 Å². The van der Waals surface area contributed by atoms with Crippen molar-refractivity contribution in [2.75, 3.05) is 0 Å². The molecule has 3 heteroatoms. The minimum Gasteiger partial charge on any atom is -0.310 e. The van der Waals surface area contributed by atoms with Crippen molar-refractivity contribution < 1.29 is 8.78 Å². The van der Waals surface area contributed by atoms with Crippen LogP contribution in [-0.4, -0.2) is 6.04 Å². The van der Waals surface area contributed by atoms with E-state index in [0.717, 1.165) is 29.2 Å². The molecule has 1 aromatic rings. The van der Waals surface area contributed by atoms with Crippen molar-refractivity contribution >= 4 is 0 Å². The Labute approximate surface area is 118 Å². The van der Waals surface area contributed by atoms with Crippen LogP contribution in [0.2, 0.25) is 0 Å². The van der Waals surface area contributed by atoms with Crippen molar-refractivity contribution in [3.05, 3.63) is 35.4 Å². The Kier molecular flexibility index (Phi) is 3.06. The monoisotopic (exact) mass is 277 g/mol. The largest absolute Gasteiger partial charge is 0.310 e. The highest BCUT2D eigenvalue weighted by Crippen LogP contribution is 2.58. The Hall–Kier alpha value is -0.960. The summed E-state index contributed by atoms with van der Waals surface area (Å²) in [5.74, 6) is 2.20. The van der Waals surface area contributed by atoms with E-state index in [0.29, 0.717) is 12.6 Å². The van der Waals surface area contributed by atoms with Crippen molar-refractivity contribution in [2.45, 2.75) is 44.7 Å². The second-order valence-corrected chi connectivity index (χ2v) is 6.89. The highest BCUT2D eigenvalue weighted by atomic mass is 19.2. The average Bonchev–Trinajstić information content (AvgIpc) is 3.11. The number of rotatable bonds is 3. The predicted molar refractivity (Wildman–Crippen MR) is 74.0 cm³/mol. The molecule has 108 valence electrons. The number of hydrogen-bond donors (Lipinski definition) is 1. The molecule has 3 saturated carbocycles. The van der Waals surface area contributed by atoms with E-state index in [1.807, 2.05) is 0 Å². The van der Waals surface area contributed by atoms with Crippen LogP contribution in [0.5, 0.6) is 0 Å². The average molecular weight is 277 g/mol. The predicted octanol–water partition coefficient (Wildman–Crippen LogP) is 3.88. The zero-order chi connectivity index (χ0) is 13.7. The van der Waals surface area contributed by atoms with Crippen molar-refractivity contribution in [1.29, 1.82) is 0 Å². The van der Waals surface area contributed by atoms with Crippen LogP contribution in [0.25, 0.3) is 0 Å². The van der Waals surface area contributed by atoms with Gasteiger partial charge in [-0.05, 0) is 67.1 Å². The lowest BCUT2D eigenvalue weighted by atomic mass is 9.79. The van der Waals surface area contributed by atoms with E-state index >= 15 is 0 Å². The lowest BCUT2D eigenvalue weighted by Gasteiger charge is -2.32. The van der Waals surface area contributed by atoms with E-state index in [1.165, 1.54) is 44.2 Å². The molecule has 0 saturated heterocycles. The first kappa shape index (κ1) is 12.8. The molecule has 4 rings (SSSR count). The Morgan fingerprint density at radius 1 is 1.00 bits per heavy atom. The Bertz CT molecular complexity index is 516. The van der Waals surface area contributed by atoms with Gasteiger partial charge in [-0.2, -0.15) is 0 Å². The lowest BCUT2D eigenvalue weighted by Crippen LogP contribution is -2.38. The smallest absolute Gasteiger partial charge is 0.159 e. The van der Waals surface area contributed by atoms with E-state index in [-0.39, 0.29) is 0 Å². The van der Waals surface area contributed by atoms with Crippen LogP contribution in [0, 0.1) is 35.3 Å². The van der Waals surface area contributed by atoms with Crippen LogP contribution in [-0.2, 0) is 6.54 Å². The van der Waals surface area contributed by atoms with Gasteiger partial charge in [0.05, 0.1) is 0 Å². The number of fused-ring (bicyclic) bond motifs is 5.